The Morgan fingerprint density at radius 1 is 0.857 bits per heavy atom. The van der Waals surface area contributed by atoms with Crippen LogP contribution in [0, 0.1) is 0 Å². The molecular weight excluding hydrogens is 695 g/mol. The van der Waals surface area contributed by atoms with Gasteiger partial charge in [0, 0.05) is 18.7 Å². The number of likely N-dealkylation sites (tertiary alicyclic amines) is 1. The zero-order valence-corrected chi connectivity index (χ0v) is 27.4. The van der Waals surface area contributed by atoms with Gasteiger partial charge in [-0.25, -0.2) is 4.79 Å². The first-order valence-corrected chi connectivity index (χ1v) is 16.4. The Morgan fingerprint density at radius 2 is 1.51 bits per heavy atom. The van der Waals surface area contributed by atoms with Gasteiger partial charge in [-0.15, -0.1) is 0 Å². The van der Waals surface area contributed by atoms with Crippen LogP contribution in [0.15, 0.2) is 65.6 Å². The van der Waals surface area contributed by atoms with Crippen molar-refractivity contribution in [1.82, 2.24) is 9.80 Å². The molecule has 1 N–H and O–H groups in total. The number of rotatable bonds is 12. The minimum atomic E-state index is -5.01. The number of alkyl halides is 6. The summed E-state index contributed by atoms with van der Waals surface area (Å²) < 4.78 is 93.5. The molecule has 0 aliphatic carbocycles. The van der Waals surface area contributed by atoms with Crippen molar-refractivity contribution in [2.24, 2.45) is 0 Å². The molecule has 3 aromatic carbocycles. The Labute approximate surface area is 287 Å². The second kappa shape index (κ2) is 15.2. The van der Waals surface area contributed by atoms with E-state index in [9.17, 15) is 35.9 Å². The molecule has 2 aliphatic heterocycles. The first-order chi connectivity index (χ1) is 23.2. The van der Waals surface area contributed by atoms with Crippen molar-refractivity contribution in [3.63, 3.8) is 0 Å². The number of halogens is 6. The topological polar surface area (TPSA) is 79.3 Å². The number of carboxylic acids is 1. The van der Waals surface area contributed by atoms with Crippen LogP contribution in [0.1, 0.15) is 46.3 Å². The molecule has 3 aromatic rings. The molecule has 2 heterocycles. The van der Waals surface area contributed by atoms with Gasteiger partial charge < -0.3 is 14.6 Å². The van der Waals surface area contributed by atoms with Crippen LogP contribution in [-0.2, 0) is 17.1 Å². The number of carboxylic acid groups (broad SMARTS) is 1. The summed E-state index contributed by atoms with van der Waals surface area (Å²) in [7, 11) is 0. The minimum absolute atomic E-state index is 0.0683. The SMILES string of the molecule is O=C(O)c1ccc(OCCCN2C(=O)C(=Cc3cc(-c4cc(C(F)(F)F)cc(C(F)(F)F)c4)ccc3OCCN3CCCC3)SC2=S)cc1. The predicted molar refractivity (Wildman–Crippen MR) is 176 cm³/mol. The number of thiocarbonyl (C=S) groups is 1. The van der Waals surface area contributed by atoms with Gasteiger partial charge in [-0.3, -0.25) is 14.6 Å². The van der Waals surface area contributed by atoms with E-state index in [0.717, 1.165) is 37.7 Å². The molecule has 7 nitrogen and oxygen atoms in total. The molecule has 0 unspecified atom stereocenters. The molecule has 0 atom stereocenters. The van der Waals surface area contributed by atoms with E-state index in [2.05, 4.69) is 4.90 Å². The van der Waals surface area contributed by atoms with Gasteiger partial charge in [-0.1, -0.05) is 30.0 Å². The molecule has 0 bridgehead atoms. The largest absolute Gasteiger partial charge is 0.494 e. The molecule has 49 heavy (non-hydrogen) atoms. The highest BCUT2D eigenvalue weighted by molar-refractivity contribution is 8.26. The van der Waals surface area contributed by atoms with Gasteiger partial charge in [0.15, 0.2) is 0 Å². The van der Waals surface area contributed by atoms with Gasteiger partial charge in [0.1, 0.15) is 22.4 Å². The number of nitrogens with zero attached hydrogens (tertiary/aromatic N) is 2. The molecule has 15 heteroatoms. The standard InChI is InChI=1S/C34H30F6N2O5S2/c35-33(36,37)25-17-23(18-26(20-25)34(38,39)40)22-6-9-28(47-15-13-41-10-1-2-11-41)24(16-22)19-29-30(43)42(32(48)49-29)12-3-14-46-27-7-4-21(5-8-27)31(44)45/h4-9,16-20H,1-3,10-15H2,(H,44,45). The highest BCUT2D eigenvalue weighted by atomic mass is 32.2. The Balaban J connectivity index is 1.37. The third kappa shape index (κ3) is 9.34. The van der Waals surface area contributed by atoms with Crippen LogP contribution in [0.3, 0.4) is 0 Å². The van der Waals surface area contributed by atoms with Crippen LogP contribution >= 0.6 is 24.0 Å². The zero-order chi connectivity index (χ0) is 35.3. The smallest absolute Gasteiger partial charge is 0.416 e. The summed E-state index contributed by atoms with van der Waals surface area (Å²) >= 11 is 6.45. The van der Waals surface area contributed by atoms with Crippen LogP contribution in [0.4, 0.5) is 26.3 Å². The highest BCUT2D eigenvalue weighted by Gasteiger charge is 2.37. The molecule has 1 amide bonds. The van der Waals surface area contributed by atoms with E-state index in [4.69, 9.17) is 26.8 Å². The minimum Gasteiger partial charge on any atom is -0.494 e. The quantitative estimate of drug-likeness (QED) is 0.0867. The summed E-state index contributed by atoms with van der Waals surface area (Å²) in [6.45, 7) is 3.17. The molecule has 0 saturated carbocycles. The van der Waals surface area contributed by atoms with Crippen LogP contribution in [0.5, 0.6) is 11.5 Å². The molecule has 0 aromatic heterocycles. The van der Waals surface area contributed by atoms with Gasteiger partial charge >= 0.3 is 18.3 Å². The lowest BCUT2D eigenvalue weighted by Crippen LogP contribution is -2.29. The van der Waals surface area contributed by atoms with Gasteiger partial charge in [0.25, 0.3) is 5.91 Å². The van der Waals surface area contributed by atoms with E-state index in [1.807, 2.05) is 0 Å². The second-order valence-corrected chi connectivity index (χ2v) is 13.0. The fourth-order valence-electron chi connectivity index (χ4n) is 5.33. The molecule has 5 rings (SSSR count). The first-order valence-electron chi connectivity index (χ1n) is 15.2. The summed E-state index contributed by atoms with van der Waals surface area (Å²) in [6.07, 6.45) is -6.01. The summed E-state index contributed by atoms with van der Waals surface area (Å²) in [5.41, 5.74) is -2.70. The monoisotopic (exact) mass is 724 g/mol. The highest BCUT2D eigenvalue weighted by Crippen LogP contribution is 2.40. The lowest BCUT2D eigenvalue weighted by atomic mass is 9.97. The molecule has 2 saturated heterocycles. The van der Waals surface area contributed by atoms with Crippen LogP contribution in [0.2, 0.25) is 0 Å². The van der Waals surface area contributed by atoms with Crippen LogP contribution in [0.25, 0.3) is 17.2 Å². The molecular formula is C34H30F6N2O5S2. The fourth-order valence-corrected chi connectivity index (χ4v) is 6.62. The van der Waals surface area contributed by atoms with Gasteiger partial charge in [0.05, 0.1) is 28.2 Å². The maximum Gasteiger partial charge on any atom is 0.416 e. The summed E-state index contributed by atoms with van der Waals surface area (Å²) in [5.74, 6) is -0.727. The van der Waals surface area contributed by atoms with Crippen molar-refractivity contribution >= 4 is 46.3 Å². The Bertz CT molecular complexity index is 1710. The van der Waals surface area contributed by atoms with Crippen molar-refractivity contribution in [3.8, 4) is 22.6 Å². The molecule has 2 aliphatic rings. The van der Waals surface area contributed by atoms with Crippen LogP contribution in [-0.4, -0.2) is 70.5 Å². The number of amides is 1. The van der Waals surface area contributed by atoms with Gasteiger partial charge in [-0.05, 0) is 104 Å². The Hall–Kier alpha value is -4.08. The number of hydrogen-bond donors (Lipinski definition) is 1. The summed E-state index contributed by atoms with van der Waals surface area (Å²) in [6, 6.07) is 11.5. The Kier molecular flexibility index (Phi) is 11.2. The number of benzene rings is 3. The average Bonchev–Trinajstić information content (AvgIpc) is 3.66. The van der Waals surface area contributed by atoms with E-state index in [1.165, 1.54) is 53.4 Å². The van der Waals surface area contributed by atoms with Crippen molar-refractivity contribution in [2.45, 2.75) is 31.6 Å². The maximum atomic E-state index is 13.6. The number of carbonyl (C=O) groups excluding carboxylic acids is 1. The number of ether oxygens (including phenoxy) is 2. The third-order valence-electron chi connectivity index (χ3n) is 7.85. The van der Waals surface area contributed by atoms with Gasteiger partial charge in [-0.2, -0.15) is 26.3 Å². The lowest BCUT2D eigenvalue weighted by Gasteiger charge is -2.17. The molecule has 2 fully saturated rings. The van der Waals surface area contributed by atoms with Crippen molar-refractivity contribution in [1.29, 1.82) is 0 Å². The molecule has 0 spiro atoms. The van der Waals surface area contributed by atoms with Crippen molar-refractivity contribution in [3.05, 3.63) is 87.8 Å². The van der Waals surface area contributed by atoms with Crippen molar-refractivity contribution < 1.29 is 50.5 Å². The lowest BCUT2D eigenvalue weighted by molar-refractivity contribution is -0.143. The third-order valence-corrected chi connectivity index (χ3v) is 9.23. The summed E-state index contributed by atoms with van der Waals surface area (Å²) in [5, 5.41) is 9.03. The molecule has 0 radical (unpaired) electrons. The predicted octanol–water partition coefficient (Wildman–Crippen LogP) is 8.23. The van der Waals surface area contributed by atoms with Gasteiger partial charge in [0.2, 0.25) is 0 Å². The molecule has 260 valence electrons. The van der Waals surface area contributed by atoms with Crippen molar-refractivity contribution in [2.75, 3.05) is 39.4 Å². The number of hydrogen-bond acceptors (Lipinski definition) is 7. The summed E-state index contributed by atoms with van der Waals surface area (Å²) in [4.78, 5) is 28.2. The number of aromatic carboxylic acids is 1. The Morgan fingerprint density at radius 3 is 2.12 bits per heavy atom. The number of carbonyl (C=O) groups is 2. The fraction of sp³-hybridized carbons (Fsp3) is 0.324. The van der Waals surface area contributed by atoms with E-state index < -0.39 is 35.4 Å². The zero-order valence-electron chi connectivity index (χ0n) is 25.8. The number of thioether (sulfide) groups is 1. The first kappa shape index (κ1) is 36.2. The average molecular weight is 725 g/mol. The normalized spacial score (nSPS) is 16.5. The van der Waals surface area contributed by atoms with E-state index in [-0.39, 0.29) is 51.7 Å². The second-order valence-electron chi connectivity index (χ2n) is 11.3. The van der Waals surface area contributed by atoms with E-state index in [0.29, 0.717) is 42.2 Å². The maximum absolute atomic E-state index is 13.6. The van der Waals surface area contributed by atoms with E-state index in [1.54, 1.807) is 0 Å². The van der Waals surface area contributed by atoms with E-state index >= 15 is 0 Å². The van der Waals surface area contributed by atoms with Crippen LogP contribution < -0.4 is 9.47 Å².